The van der Waals surface area contributed by atoms with Crippen molar-refractivity contribution in [2.75, 3.05) is 6.61 Å². The highest BCUT2D eigenvalue weighted by atomic mass is 19.1. The Morgan fingerprint density at radius 2 is 2.00 bits per heavy atom. The summed E-state index contributed by atoms with van der Waals surface area (Å²) in [6, 6.07) is 7.61. The molecule has 0 aliphatic heterocycles. The molecule has 0 radical (unpaired) electrons. The van der Waals surface area contributed by atoms with Gasteiger partial charge in [0.15, 0.2) is 0 Å². The Morgan fingerprint density at radius 3 is 2.59 bits per heavy atom. The topological polar surface area (TPSA) is 76.5 Å². The molecular formula is C20H14FN3O3. The van der Waals surface area contributed by atoms with Gasteiger partial charge in [0, 0.05) is 18.0 Å². The van der Waals surface area contributed by atoms with Crippen molar-refractivity contribution in [3.63, 3.8) is 0 Å². The van der Waals surface area contributed by atoms with E-state index in [0.717, 1.165) is 0 Å². The van der Waals surface area contributed by atoms with Crippen molar-refractivity contribution in [1.29, 1.82) is 5.26 Å². The highest BCUT2D eigenvalue weighted by Gasteiger charge is 2.22. The number of carbonyl (C=O) groups is 1. The molecule has 27 heavy (non-hydrogen) atoms. The van der Waals surface area contributed by atoms with Crippen LogP contribution in [0, 0.1) is 29.5 Å². The molecule has 134 valence electrons. The Morgan fingerprint density at radius 1 is 1.30 bits per heavy atom. The lowest BCUT2D eigenvalue weighted by Gasteiger charge is -2.09. The second kappa shape index (κ2) is 7.19. The van der Waals surface area contributed by atoms with Crippen LogP contribution in [-0.4, -0.2) is 21.5 Å². The number of fused-ring (bicyclic) bond motifs is 1. The van der Waals surface area contributed by atoms with Crippen molar-refractivity contribution >= 4 is 11.6 Å². The van der Waals surface area contributed by atoms with Crippen LogP contribution in [-0.2, 0) is 11.3 Å². The maximum atomic E-state index is 13.2. The molecule has 0 atom stereocenters. The second-order valence-electron chi connectivity index (χ2n) is 5.63. The highest BCUT2D eigenvalue weighted by molar-refractivity contribution is 5.89. The monoisotopic (exact) mass is 363 g/mol. The van der Waals surface area contributed by atoms with Crippen molar-refractivity contribution in [3.8, 4) is 29.5 Å². The molecule has 0 spiro atoms. The van der Waals surface area contributed by atoms with Gasteiger partial charge >= 0.3 is 5.97 Å². The summed E-state index contributed by atoms with van der Waals surface area (Å²) in [4.78, 5) is 24.9. The number of esters is 1. The summed E-state index contributed by atoms with van der Waals surface area (Å²) in [5.74, 6) is 1.25. The van der Waals surface area contributed by atoms with Crippen molar-refractivity contribution in [2.24, 2.45) is 0 Å². The van der Waals surface area contributed by atoms with Crippen LogP contribution in [0.3, 0.4) is 0 Å². The van der Waals surface area contributed by atoms with Gasteiger partial charge in [-0.05, 0) is 24.6 Å². The number of nitriles is 1. The van der Waals surface area contributed by atoms with E-state index in [0.29, 0.717) is 11.1 Å². The number of nitrogens with zero attached hydrogens (tertiary/aromatic N) is 3. The molecule has 2 heterocycles. The van der Waals surface area contributed by atoms with Gasteiger partial charge in [-0.15, -0.1) is 6.42 Å². The molecule has 0 amide bonds. The Balaban J connectivity index is 2.38. The number of ether oxygens (including phenoxy) is 1. The number of carbonyl (C=O) groups excluding carboxylic acids is 1. The van der Waals surface area contributed by atoms with Crippen molar-refractivity contribution in [3.05, 3.63) is 64.0 Å². The van der Waals surface area contributed by atoms with E-state index in [2.05, 4.69) is 12.0 Å². The number of hydrogen-bond donors (Lipinski definition) is 0. The van der Waals surface area contributed by atoms with Gasteiger partial charge in [-0.2, -0.15) is 5.26 Å². The number of rotatable bonds is 4. The predicted octanol–water partition coefficient (Wildman–Crippen LogP) is 2.59. The largest absolute Gasteiger partial charge is 0.462 e. The molecule has 0 saturated carbocycles. The maximum absolute atomic E-state index is 13.2. The molecule has 0 N–H and O–H groups in total. The molecule has 0 unspecified atom stereocenters. The fraction of sp³-hybridized carbons (Fsp3) is 0.150. The van der Waals surface area contributed by atoms with E-state index in [1.165, 1.54) is 45.6 Å². The first-order valence-corrected chi connectivity index (χ1v) is 8.07. The summed E-state index contributed by atoms with van der Waals surface area (Å²) < 4.78 is 20.8. The molecule has 0 aliphatic carbocycles. The first-order valence-electron chi connectivity index (χ1n) is 8.07. The zero-order chi connectivity index (χ0) is 19.6. The molecule has 0 fully saturated rings. The molecule has 2 aromatic heterocycles. The fourth-order valence-corrected chi connectivity index (χ4v) is 2.86. The lowest BCUT2D eigenvalue weighted by atomic mass is 10.1. The van der Waals surface area contributed by atoms with E-state index in [9.17, 15) is 19.2 Å². The van der Waals surface area contributed by atoms with Crippen molar-refractivity contribution in [1.82, 2.24) is 8.97 Å². The standard InChI is InChI=1S/C20H14FN3O3/c1-3-9-23-11-17(20(26)27-4-2)19(25)24-12-16(15(10-22)18(23)24)13-5-7-14(21)8-6-13/h1,5-8,11-12H,4,9H2,2H3. The number of halogens is 1. The molecule has 3 aromatic rings. The van der Waals surface area contributed by atoms with E-state index >= 15 is 0 Å². The van der Waals surface area contributed by atoms with E-state index in [1.807, 2.05) is 0 Å². The summed E-state index contributed by atoms with van der Waals surface area (Å²) >= 11 is 0. The molecule has 7 heteroatoms. The smallest absolute Gasteiger partial charge is 0.345 e. The average Bonchev–Trinajstić information content (AvgIpc) is 3.05. The van der Waals surface area contributed by atoms with Crippen molar-refractivity contribution < 1.29 is 13.9 Å². The average molecular weight is 363 g/mol. The molecule has 0 saturated heterocycles. The van der Waals surface area contributed by atoms with Crippen LogP contribution in [0.4, 0.5) is 4.39 Å². The van der Waals surface area contributed by atoms with Crippen LogP contribution >= 0.6 is 0 Å². The minimum absolute atomic E-state index is 0.0394. The van der Waals surface area contributed by atoms with Gasteiger partial charge in [-0.1, -0.05) is 18.1 Å². The minimum Gasteiger partial charge on any atom is -0.462 e. The first kappa shape index (κ1) is 18.0. The Bertz CT molecular complexity index is 1170. The molecular weight excluding hydrogens is 349 g/mol. The zero-order valence-electron chi connectivity index (χ0n) is 14.4. The molecule has 0 bridgehead atoms. The first-order chi connectivity index (χ1) is 13.0. The fourth-order valence-electron chi connectivity index (χ4n) is 2.86. The van der Waals surface area contributed by atoms with Gasteiger partial charge in [-0.25, -0.2) is 9.18 Å². The predicted molar refractivity (Wildman–Crippen MR) is 96.6 cm³/mol. The van der Waals surface area contributed by atoms with E-state index in [-0.39, 0.29) is 29.9 Å². The summed E-state index contributed by atoms with van der Waals surface area (Å²) in [7, 11) is 0. The second-order valence-corrected chi connectivity index (χ2v) is 5.63. The van der Waals surface area contributed by atoms with Gasteiger partial charge in [0.1, 0.15) is 28.7 Å². The third-order valence-corrected chi connectivity index (χ3v) is 4.01. The molecule has 0 aliphatic rings. The van der Waals surface area contributed by atoms with Gasteiger partial charge in [-0.3, -0.25) is 9.20 Å². The quantitative estimate of drug-likeness (QED) is 0.527. The number of hydrogen-bond acceptors (Lipinski definition) is 4. The lowest BCUT2D eigenvalue weighted by Crippen LogP contribution is -2.26. The third kappa shape index (κ3) is 3.07. The molecule has 6 nitrogen and oxygen atoms in total. The number of benzene rings is 1. The van der Waals surface area contributed by atoms with Crippen LogP contribution in [0.5, 0.6) is 0 Å². The SMILES string of the molecule is C#CCn1cc(C(=O)OCC)c(=O)n2cc(-c3ccc(F)cc3)c(C#N)c12. The highest BCUT2D eigenvalue weighted by Crippen LogP contribution is 2.28. The van der Waals surface area contributed by atoms with Crippen LogP contribution in [0.2, 0.25) is 0 Å². The van der Waals surface area contributed by atoms with Gasteiger partial charge < -0.3 is 9.30 Å². The Kier molecular flexibility index (Phi) is 4.78. The summed E-state index contributed by atoms with van der Waals surface area (Å²) in [6.07, 6.45) is 8.14. The van der Waals surface area contributed by atoms with Crippen molar-refractivity contribution in [2.45, 2.75) is 13.5 Å². The van der Waals surface area contributed by atoms with E-state index in [4.69, 9.17) is 11.2 Å². The number of terminal acetylenes is 1. The summed E-state index contributed by atoms with van der Waals surface area (Å²) in [6.45, 7) is 1.78. The van der Waals surface area contributed by atoms with Gasteiger partial charge in [0.2, 0.25) is 0 Å². The minimum atomic E-state index is -0.772. The van der Waals surface area contributed by atoms with E-state index < -0.39 is 17.3 Å². The third-order valence-electron chi connectivity index (χ3n) is 4.01. The summed E-state index contributed by atoms with van der Waals surface area (Å²) in [5.41, 5.74) is 0.630. The Labute approximate surface area is 154 Å². The van der Waals surface area contributed by atoms with Crippen LogP contribution in [0.1, 0.15) is 22.8 Å². The zero-order valence-corrected chi connectivity index (χ0v) is 14.4. The molecule has 3 rings (SSSR count). The van der Waals surface area contributed by atoms with E-state index in [1.54, 1.807) is 6.92 Å². The Hall–Kier alpha value is -3.84. The molecule has 1 aromatic carbocycles. The maximum Gasteiger partial charge on any atom is 0.345 e. The lowest BCUT2D eigenvalue weighted by molar-refractivity contribution is 0.0523. The van der Waals surface area contributed by atoms with Crippen LogP contribution < -0.4 is 5.56 Å². The van der Waals surface area contributed by atoms with Gasteiger partial charge in [0.05, 0.1) is 13.2 Å². The van der Waals surface area contributed by atoms with Crippen LogP contribution in [0.25, 0.3) is 16.8 Å². The van der Waals surface area contributed by atoms with Crippen LogP contribution in [0.15, 0.2) is 41.5 Å². The van der Waals surface area contributed by atoms with Gasteiger partial charge in [0.25, 0.3) is 5.56 Å². The number of aromatic nitrogens is 2. The normalized spacial score (nSPS) is 10.4. The summed E-state index contributed by atoms with van der Waals surface area (Å²) in [5, 5.41) is 9.67.